The molecule has 19 heavy (non-hydrogen) atoms. The van der Waals surface area contributed by atoms with Crippen LogP contribution in [0.1, 0.15) is 15.4 Å². The van der Waals surface area contributed by atoms with Gasteiger partial charge in [0, 0.05) is 11.6 Å². The van der Waals surface area contributed by atoms with E-state index in [1.165, 1.54) is 22.0 Å². The molecule has 0 saturated carbocycles. The maximum Gasteiger partial charge on any atom is 0.337 e. The van der Waals surface area contributed by atoms with E-state index in [2.05, 4.69) is 9.97 Å². The lowest BCUT2D eigenvalue weighted by Crippen LogP contribution is -2.18. The molecule has 2 aromatic heterocycles. The second kappa shape index (κ2) is 4.36. The van der Waals surface area contributed by atoms with E-state index >= 15 is 0 Å². The summed E-state index contributed by atoms with van der Waals surface area (Å²) < 4.78 is 1.40. The number of benzene rings is 1. The number of fused-ring (bicyclic) bond motifs is 1. The summed E-state index contributed by atoms with van der Waals surface area (Å²) >= 11 is 1.42. The lowest BCUT2D eigenvalue weighted by Gasteiger charge is -2.03. The van der Waals surface area contributed by atoms with Crippen LogP contribution in [0.4, 0.5) is 0 Å². The largest absolute Gasteiger partial charge is 0.478 e. The molecule has 0 amide bonds. The Morgan fingerprint density at radius 1 is 1.47 bits per heavy atom. The summed E-state index contributed by atoms with van der Waals surface area (Å²) in [4.78, 5) is 29.9. The zero-order valence-corrected chi connectivity index (χ0v) is 10.5. The number of imidazole rings is 1. The predicted molar refractivity (Wildman–Crippen MR) is 70.7 cm³/mol. The van der Waals surface area contributed by atoms with E-state index < -0.39 is 5.97 Å². The number of nitrogens with one attached hydrogen (secondary N) is 1. The molecule has 0 fully saturated rings. The average Bonchev–Trinajstić information content (AvgIpc) is 2.98. The van der Waals surface area contributed by atoms with Crippen LogP contribution < -0.4 is 5.69 Å². The van der Waals surface area contributed by atoms with Gasteiger partial charge in [-0.25, -0.2) is 14.6 Å². The van der Waals surface area contributed by atoms with E-state index in [0.717, 1.165) is 5.01 Å². The van der Waals surface area contributed by atoms with Crippen LogP contribution in [0.5, 0.6) is 0 Å². The first-order valence-corrected chi connectivity index (χ1v) is 6.38. The highest BCUT2D eigenvalue weighted by molar-refractivity contribution is 7.09. The quantitative estimate of drug-likeness (QED) is 0.758. The topological polar surface area (TPSA) is 88.0 Å². The molecule has 7 heteroatoms. The smallest absolute Gasteiger partial charge is 0.337 e. The van der Waals surface area contributed by atoms with E-state index in [9.17, 15) is 14.7 Å². The molecule has 3 aromatic rings. The van der Waals surface area contributed by atoms with E-state index in [4.69, 9.17) is 0 Å². The van der Waals surface area contributed by atoms with Crippen LogP contribution in [-0.4, -0.2) is 25.6 Å². The van der Waals surface area contributed by atoms with Crippen molar-refractivity contribution in [2.24, 2.45) is 0 Å². The molecule has 3 rings (SSSR count). The average molecular weight is 275 g/mol. The summed E-state index contributed by atoms with van der Waals surface area (Å²) in [6.07, 6.45) is 1.65. The molecule has 0 aliphatic rings. The van der Waals surface area contributed by atoms with Crippen molar-refractivity contribution in [3.8, 4) is 0 Å². The minimum atomic E-state index is -1.06. The summed E-state index contributed by atoms with van der Waals surface area (Å²) in [5.74, 6) is -1.06. The Hall–Kier alpha value is -2.41. The number of carboxylic acid groups (broad SMARTS) is 1. The molecule has 2 N–H and O–H groups in total. The lowest BCUT2D eigenvalue weighted by molar-refractivity contribution is 0.0698. The number of rotatable bonds is 3. The summed E-state index contributed by atoms with van der Waals surface area (Å²) in [7, 11) is 0. The third-order valence-electron chi connectivity index (χ3n) is 2.80. The molecule has 0 unspecified atom stereocenters. The fraction of sp³-hybridized carbons (Fsp3) is 0.0833. The van der Waals surface area contributed by atoms with Gasteiger partial charge in [0.25, 0.3) is 0 Å². The fourth-order valence-electron chi connectivity index (χ4n) is 2.01. The van der Waals surface area contributed by atoms with Crippen molar-refractivity contribution in [3.05, 3.63) is 50.8 Å². The van der Waals surface area contributed by atoms with Crippen molar-refractivity contribution in [2.75, 3.05) is 0 Å². The third kappa shape index (κ3) is 1.93. The highest BCUT2D eigenvalue weighted by Gasteiger charge is 2.15. The molecule has 0 radical (unpaired) electrons. The Morgan fingerprint density at radius 3 is 3.00 bits per heavy atom. The number of para-hydroxylation sites is 1. The van der Waals surface area contributed by atoms with Crippen LogP contribution in [0.15, 0.2) is 34.6 Å². The highest BCUT2D eigenvalue weighted by Crippen LogP contribution is 2.17. The third-order valence-corrected chi connectivity index (χ3v) is 3.56. The standard InChI is InChI=1S/C12H9N3O3S/c16-11(17)7-2-1-3-8-10(7)15(12(18)14-8)6-9-13-4-5-19-9/h1-5H,6H2,(H,14,18)(H,16,17). The van der Waals surface area contributed by atoms with Crippen LogP contribution in [0, 0.1) is 0 Å². The number of hydrogen-bond acceptors (Lipinski definition) is 4. The van der Waals surface area contributed by atoms with Gasteiger partial charge in [0.05, 0.1) is 23.1 Å². The number of thiazole rings is 1. The van der Waals surface area contributed by atoms with E-state index in [1.54, 1.807) is 18.3 Å². The van der Waals surface area contributed by atoms with Crippen LogP contribution in [0.3, 0.4) is 0 Å². The van der Waals surface area contributed by atoms with E-state index in [1.807, 2.05) is 5.38 Å². The molecule has 0 saturated heterocycles. The van der Waals surface area contributed by atoms with Gasteiger partial charge < -0.3 is 10.1 Å². The van der Waals surface area contributed by atoms with E-state index in [0.29, 0.717) is 11.0 Å². The minimum Gasteiger partial charge on any atom is -0.478 e. The van der Waals surface area contributed by atoms with E-state index in [-0.39, 0.29) is 17.8 Å². The summed E-state index contributed by atoms with van der Waals surface area (Å²) in [6, 6.07) is 4.77. The molecular formula is C12H9N3O3S. The second-order valence-corrected chi connectivity index (χ2v) is 4.93. The Labute approximate surface area is 111 Å². The predicted octanol–water partition coefficient (Wildman–Crippen LogP) is 1.53. The van der Waals surface area contributed by atoms with Gasteiger partial charge in [-0.15, -0.1) is 11.3 Å². The van der Waals surface area contributed by atoms with Gasteiger partial charge in [0.15, 0.2) is 0 Å². The van der Waals surface area contributed by atoms with Gasteiger partial charge in [-0.2, -0.15) is 0 Å². The summed E-state index contributed by atoms with van der Waals surface area (Å²) in [6.45, 7) is 0.265. The van der Waals surface area contributed by atoms with Gasteiger partial charge in [-0.3, -0.25) is 4.57 Å². The van der Waals surface area contributed by atoms with Crippen molar-refractivity contribution in [3.63, 3.8) is 0 Å². The van der Waals surface area contributed by atoms with Crippen LogP contribution in [0.2, 0.25) is 0 Å². The number of aromatic carboxylic acids is 1. The molecule has 0 bridgehead atoms. The zero-order chi connectivity index (χ0) is 13.4. The molecule has 96 valence electrons. The maximum atomic E-state index is 11.9. The monoisotopic (exact) mass is 275 g/mol. The summed E-state index contributed by atoms with van der Waals surface area (Å²) in [5, 5.41) is 11.8. The number of hydrogen-bond donors (Lipinski definition) is 2. The second-order valence-electron chi connectivity index (χ2n) is 3.95. The van der Waals surface area contributed by atoms with Crippen molar-refractivity contribution < 1.29 is 9.90 Å². The molecule has 0 aliphatic carbocycles. The zero-order valence-electron chi connectivity index (χ0n) is 9.66. The lowest BCUT2D eigenvalue weighted by atomic mass is 10.2. The molecule has 0 aliphatic heterocycles. The first-order chi connectivity index (χ1) is 9.16. The van der Waals surface area contributed by atoms with Gasteiger partial charge in [0.2, 0.25) is 0 Å². The van der Waals surface area contributed by atoms with Gasteiger partial charge in [0.1, 0.15) is 5.01 Å². The fourth-order valence-corrected chi connectivity index (χ4v) is 2.61. The van der Waals surface area contributed by atoms with Crippen molar-refractivity contribution in [1.29, 1.82) is 0 Å². The first-order valence-electron chi connectivity index (χ1n) is 5.50. The normalized spacial score (nSPS) is 10.9. The summed E-state index contributed by atoms with van der Waals surface area (Å²) in [5.41, 5.74) is 0.683. The number of carboxylic acids is 1. The first kappa shape index (κ1) is 11.7. The number of carbonyl (C=O) groups is 1. The van der Waals surface area contributed by atoms with Gasteiger partial charge >= 0.3 is 11.7 Å². The molecule has 1 aromatic carbocycles. The Balaban J connectivity index is 2.25. The van der Waals surface area contributed by atoms with Gasteiger partial charge in [-0.05, 0) is 12.1 Å². The van der Waals surface area contributed by atoms with Crippen LogP contribution in [-0.2, 0) is 6.54 Å². The molecule has 0 atom stereocenters. The SMILES string of the molecule is O=C(O)c1cccc2[nH]c(=O)n(Cc3nccs3)c12. The molecule has 6 nitrogen and oxygen atoms in total. The molecule has 0 spiro atoms. The highest BCUT2D eigenvalue weighted by atomic mass is 32.1. The van der Waals surface area contributed by atoms with Crippen LogP contribution in [0.25, 0.3) is 11.0 Å². The Bertz CT molecular complexity index is 801. The van der Waals surface area contributed by atoms with Crippen molar-refractivity contribution in [2.45, 2.75) is 6.54 Å². The van der Waals surface area contributed by atoms with Crippen LogP contribution >= 0.6 is 11.3 Å². The Morgan fingerprint density at radius 2 is 2.32 bits per heavy atom. The maximum absolute atomic E-state index is 11.9. The number of aromatic amines is 1. The van der Waals surface area contributed by atoms with Crippen molar-refractivity contribution >= 4 is 28.3 Å². The number of aromatic nitrogens is 3. The minimum absolute atomic E-state index is 0.104. The van der Waals surface area contributed by atoms with Gasteiger partial charge in [-0.1, -0.05) is 6.07 Å². The number of nitrogens with zero attached hydrogens (tertiary/aromatic N) is 2. The van der Waals surface area contributed by atoms with Crippen molar-refractivity contribution in [1.82, 2.24) is 14.5 Å². The molecular weight excluding hydrogens is 266 g/mol. The Kier molecular flexibility index (Phi) is 2.68. The number of H-pyrrole nitrogens is 1. The molecule has 2 heterocycles.